The minimum Gasteiger partial charge on any atom is -0.481 e. The number of nitrogens with zero attached hydrogens (tertiary/aromatic N) is 2. The summed E-state index contributed by atoms with van der Waals surface area (Å²) < 4.78 is 13.2. The number of piperidine rings is 1. The molecule has 2 N–H and O–H groups in total. The van der Waals surface area contributed by atoms with Gasteiger partial charge in [0.05, 0.1) is 17.7 Å². The van der Waals surface area contributed by atoms with E-state index in [-0.39, 0.29) is 18.7 Å². The molecule has 2 rings (SSSR count). The van der Waals surface area contributed by atoms with Crippen molar-refractivity contribution in [2.24, 2.45) is 5.92 Å². The first-order chi connectivity index (χ1) is 11.5. The zero-order chi connectivity index (χ0) is 17.5. The van der Waals surface area contributed by atoms with Crippen LogP contribution in [-0.2, 0) is 9.59 Å². The lowest BCUT2D eigenvalue weighted by atomic mass is 9.95. The van der Waals surface area contributed by atoms with Crippen LogP contribution in [0.25, 0.3) is 0 Å². The lowest BCUT2D eigenvalue weighted by molar-refractivity contribution is -0.138. The normalized spacial score (nSPS) is 14.9. The highest BCUT2D eigenvalue weighted by Crippen LogP contribution is 2.26. The summed E-state index contributed by atoms with van der Waals surface area (Å²) in [6.07, 6.45) is 1.53. The van der Waals surface area contributed by atoms with E-state index in [2.05, 4.69) is 10.2 Å². The molecular formula is C17H20FN3O3. The number of anilines is 1. The Hall–Kier alpha value is -2.62. The van der Waals surface area contributed by atoms with Crippen molar-refractivity contribution in [2.45, 2.75) is 25.7 Å². The molecule has 0 atom stereocenters. The van der Waals surface area contributed by atoms with Crippen LogP contribution in [0.15, 0.2) is 18.2 Å². The zero-order valence-corrected chi connectivity index (χ0v) is 13.3. The quantitative estimate of drug-likeness (QED) is 0.829. The molecule has 0 aromatic heterocycles. The molecule has 0 radical (unpaired) electrons. The third-order valence-electron chi connectivity index (χ3n) is 4.19. The lowest BCUT2D eigenvalue weighted by Crippen LogP contribution is -2.39. The summed E-state index contributed by atoms with van der Waals surface area (Å²) in [6, 6.07) is 6.24. The van der Waals surface area contributed by atoms with Gasteiger partial charge in [0.15, 0.2) is 0 Å². The van der Waals surface area contributed by atoms with Gasteiger partial charge in [0, 0.05) is 26.1 Å². The smallest absolute Gasteiger partial charge is 0.303 e. The lowest BCUT2D eigenvalue weighted by Gasteiger charge is -2.34. The van der Waals surface area contributed by atoms with Gasteiger partial charge in [-0.2, -0.15) is 5.26 Å². The fourth-order valence-electron chi connectivity index (χ4n) is 2.82. The van der Waals surface area contributed by atoms with Gasteiger partial charge < -0.3 is 15.3 Å². The molecule has 0 aliphatic carbocycles. The van der Waals surface area contributed by atoms with Crippen molar-refractivity contribution < 1.29 is 19.1 Å². The highest BCUT2D eigenvalue weighted by atomic mass is 19.1. The Balaban J connectivity index is 1.81. The van der Waals surface area contributed by atoms with Crippen molar-refractivity contribution >= 4 is 17.6 Å². The van der Waals surface area contributed by atoms with Gasteiger partial charge in [-0.15, -0.1) is 0 Å². The molecular weight excluding hydrogens is 313 g/mol. The van der Waals surface area contributed by atoms with Crippen molar-refractivity contribution in [3.63, 3.8) is 0 Å². The molecule has 1 aliphatic heterocycles. The minimum absolute atomic E-state index is 0.00468. The molecule has 128 valence electrons. The van der Waals surface area contributed by atoms with E-state index in [1.54, 1.807) is 6.07 Å². The maximum atomic E-state index is 13.2. The number of benzene rings is 1. The number of aliphatic carboxylic acids is 1. The number of amides is 1. The van der Waals surface area contributed by atoms with Crippen LogP contribution in [0.4, 0.5) is 10.1 Å². The van der Waals surface area contributed by atoms with Crippen LogP contribution in [0.3, 0.4) is 0 Å². The molecule has 24 heavy (non-hydrogen) atoms. The van der Waals surface area contributed by atoms with Gasteiger partial charge in [-0.05, 0) is 37.0 Å². The summed E-state index contributed by atoms with van der Waals surface area (Å²) >= 11 is 0. The zero-order valence-electron chi connectivity index (χ0n) is 13.3. The number of carbonyl (C=O) groups is 2. The van der Waals surface area contributed by atoms with Crippen LogP contribution in [0.2, 0.25) is 0 Å². The van der Waals surface area contributed by atoms with Gasteiger partial charge in [0.25, 0.3) is 0 Å². The third-order valence-corrected chi connectivity index (χ3v) is 4.19. The summed E-state index contributed by atoms with van der Waals surface area (Å²) in [5.74, 6) is -1.33. The Labute approximate surface area is 139 Å². The second-order valence-corrected chi connectivity index (χ2v) is 5.90. The molecule has 7 heteroatoms. The maximum Gasteiger partial charge on any atom is 0.303 e. The Morgan fingerprint density at radius 3 is 2.67 bits per heavy atom. The Morgan fingerprint density at radius 2 is 2.04 bits per heavy atom. The summed E-state index contributed by atoms with van der Waals surface area (Å²) in [5, 5.41) is 20.4. The summed E-state index contributed by atoms with van der Waals surface area (Å²) in [6.45, 7) is 1.99. The van der Waals surface area contributed by atoms with E-state index in [1.165, 1.54) is 12.1 Å². The number of carbonyl (C=O) groups excluding carboxylic acids is 1. The van der Waals surface area contributed by atoms with Gasteiger partial charge in [-0.1, -0.05) is 0 Å². The number of halogens is 1. The molecule has 1 aromatic rings. The van der Waals surface area contributed by atoms with Gasteiger partial charge in [-0.3, -0.25) is 9.59 Å². The van der Waals surface area contributed by atoms with Crippen molar-refractivity contribution in [3.05, 3.63) is 29.6 Å². The van der Waals surface area contributed by atoms with Crippen molar-refractivity contribution in [1.82, 2.24) is 5.32 Å². The molecule has 1 aliphatic rings. The van der Waals surface area contributed by atoms with Crippen LogP contribution < -0.4 is 10.2 Å². The molecule has 1 heterocycles. The molecule has 6 nitrogen and oxygen atoms in total. The highest BCUT2D eigenvalue weighted by Gasteiger charge is 2.21. The highest BCUT2D eigenvalue weighted by molar-refractivity contribution is 5.80. The van der Waals surface area contributed by atoms with Crippen LogP contribution >= 0.6 is 0 Å². The van der Waals surface area contributed by atoms with E-state index in [0.717, 1.165) is 31.6 Å². The summed E-state index contributed by atoms with van der Waals surface area (Å²) in [4.78, 5) is 24.0. The standard InChI is InChI=1S/C17H20FN3O3/c18-14-1-2-15(13(9-14)10-19)21-7-5-12(6-8-21)11-20-16(22)3-4-17(23)24/h1-2,9,12H,3-8,11H2,(H,20,22)(H,23,24). The Morgan fingerprint density at radius 1 is 1.33 bits per heavy atom. The predicted molar refractivity (Wildman–Crippen MR) is 85.9 cm³/mol. The number of rotatable bonds is 6. The monoisotopic (exact) mass is 333 g/mol. The number of nitrogens with one attached hydrogen (secondary N) is 1. The largest absolute Gasteiger partial charge is 0.481 e. The molecule has 1 amide bonds. The van der Waals surface area contributed by atoms with E-state index >= 15 is 0 Å². The second kappa shape index (κ2) is 8.29. The van der Waals surface area contributed by atoms with E-state index in [4.69, 9.17) is 10.4 Å². The van der Waals surface area contributed by atoms with E-state index in [0.29, 0.717) is 18.0 Å². The molecule has 1 saturated heterocycles. The second-order valence-electron chi connectivity index (χ2n) is 5.90. The van der Waals surface area contributed by atoms with Crippen molar-refractivity contribution in [2.75, 3.05) is 24.5 Å². The molecule has 1 aromatic carbocycles. The van der Waals surface area contributed by atoms with Crippen molar-refractivity contribution in [3.8, 4) is 6.07 Å². The SMILES string of the molecule is N#Cc1cc(F)ccc1N1CCC(CNC(=O)CCC(=O)O)CC1. The first-order valence-corrected chi connectivity index (χ1v) is 7.92. The van der Waals surface area contributed by atoms with E-state index in [9.17, 15) is 14.0 Å². The molecule has 0 unspecified atom stereocenters. The van der Waals surface area contributed by atoms with Crippen LogP contribution in [-0.4, -0.2) is 36.6 Å². The number of hydrogen-bond acceptors (Lipinski definition) is 4. The van der Waals surface area contributed by atoms with Crippen molar-refractivity contribution in [1.29, 1.82) is 5.26 Å². The topological polar surface area (TPSA) is 93.4 Å². The molecule has 0 saturated carbocycles. The Bertz CT molecular complexity index is 649. The van der Waals surface area contributed by atoms with Gasteiger partial charge in [0.1, 0.15) is 11.9 Å². The van der Waals surface area contributed by atoms with E-state index < -0.39 is 11.8 Å². The predicted octanol–water partition coefficient (Wildman–Crippen LogP) is 1.89. The number of hydrogen-bond donors (Lipinski definition) is 2. The minimum atomic E-state index is -0.981. The maximum absolute atomic E-state index is 13.2. The van der Waals surface area contributed by atoms with Crippen LogP contribution in [0.1, 0.15) is 31.2 Å². The molecule has 0 spiro atoms. The Kier molecular flexibility index (Phi) is 6.13. The summed E-state index contributed by atoms with van der Waals surface area (Å²) in [7, 11) is 0. The number of carboxylic acids is 1. The fraction of sp³-hybridized carbons (Fsp3) is 0.471. The molecule has 0 bridgehead atoms. The fourth-order valence-corrected chi connectivity index (χ4v) is 2.82. The first-order valence-electron chi connectivity index (χ1n) is 7.92. The average Bonchev–Trinajstić information content (AvgIpc) is 2.58. The number of carboxylic acid groups (broad SMARTS) is 1. The number of nitriles is 1. The summed E-state index contributed by atoms with van der Waals surface area (Å²) in [5.41, 5.74) is 1.07. The molecule has 1 fully saturated rings. The van der Waals surface area contributed by atoms with Gasteiger partial charge in [0.2, 0.25) is 5.91 Å². The van der Waals surface area contributed by atoms with E-state index in [1.807, 2.05) is 6.07 Å². The first kappa shape index (κ1) is 17.7. The van der Waals surface area contributed by atoms with Gasteiger partial charge in [-0.25, -0.2) is 4.39 Å². The van der Waals surface area contributed by atoms with Crippen LogP contribution in [0, 0.1) is 23.1 Å². The average molecular weight is 333 g/mol. The third kappa shape index (κ3) is 4.95. The van der Waals surface area contributed by atoms with Gasteiger partial charge >= 0.3 is 5.97 Å². The van der Waals surface area contributed by atoms with Crippen LogP contribution in [0.5, 0.6) is 0 Å².